The highest BCUT2D eigenvalue weighted by molar-refractivity contribution is 5.81. The van der Waals surface area contributed by atoms with Crippen LogP contribution in [0.1, 0.15) is 18.4 Å². The first-order valence-corrected chi connectivity index (χ1v) is 11.5. The SMILES string of the molecule is Nc1ncnc2c1ncn2Cc1cc(-c2ccc(F)cc2F)ncc1N1CCC[C@](N)([C@H](O)C(F)F)C1. The number of aromatic nitrogens is 5. The maximum Gasteiger partial charge on any atom is 0.265 e. The predicted octanol–water partition coefficient (Wildman–Crippen LogP) is 2.72. The summed E-state index contributed by atoms with van der Waals surface area (Å²) in [5, 5.41) is 10.1. The molecule has 3 aromatic heterocycles. The summed E-state index contributed by atoms with van der Waals surface area (Å²) in [5.41, 5.74) is 13.0. The molecule has 194 valence electrons. The van der Waals surface area contributed by atoms with E-state index in [-0.39, 0.29) is 36.6 Å². The van der Waals surface area contributed by atoms with Crippen molar-refractivity contribution >= 4 is 22.7 Å². The van der Waals surface area contributed by atoms with Gasteiger partial charge in [-0.2, -0.15) is 0 Å². The molecule has 1 aliphatic rings. The first-order valence-electron chi connectivity index (χ1n) is 11.5. The fraction of sp³-hybridized carbons (Fsp3) is 0.333. The zero-order chi connectivity index (χ0) is 26.3. The number of anilines is 2. The largest absolute Gasteiger partial charge is 0.385 e. The highest BCUT2D eigenvalue weighted by atomic mass is 19.3. The molecule has 0 unspecified atom stereocenters. The first-order chi connectivity index (χ1) is 17.7. The van der Waals surface area contributed by atoms with E-state index in [2.05, 4.69) is 19.9 Å². The Kier molecular flexibility index (Phi) is 6.42. The zero-order valence-electron chi connectivity index (χ0n) is 19.5. The van der Waals surface area contributed by atoms with Crippen LogP contribution in [0.5, 0.6) is 0 Å². The fourth-order valence-electron chi connectivity index (χ4n) is 4.75. The van der Waals surface area contributed by atoms with E-state index < -0.39 is 29.7 Å². The highest BCUT2D eigenvalue weighted by Crippen LogP contribution is 2.33. The minimum Gasteiger partial charge on any atom is -0.385 e. The van der Waals surface area contributed by atoms with Gasteiger partial charge >= 0.3 is 0 Å². The first kappa shape index (κ1) is 24.8. The number of nitrogens with zero attached hydrogens (tertiary/aromatic N) is 6. The van der Waals surface area contributed by atoms with Crippen molar-refractivity contribution in [2.75, 3.05) is 23.7 Å². The second-order valence-corrected chi connectivity index (χ2v) is 9.16. The molecule has 1 aromatic carbocycles. The molecule has 2 atom stereocenters. The normalized spacial score (nSPS) is 19.1. The van der Waals surface area contributed by atoms with Crippen molar-refractivity contribution in [3.05, 3.63) is 60.3 Å². The third-order valence-electron chi connectivity index (χ3n) is 6.67. The number of imidazole rings is 1. The summed E-state index contributed by atoms with van der Waals surface area (Å²) in [6, 6.07) is 4.84. The smallest absolute Gasteiger partial charge is 0.265 e. The molecule has 0 spiro atoms. The number of piperidine rings is 1. The molecular weight excluding hydrogens is 492 g/mol. The standard InChI is InChI=1S/C24H24F4N8O/c25-14-2-3-15(16(26)7-14)17-6-13(9-36-12-34-19-22(29)32-11-33-23(19)36)18(8-31-17)35-5-1-4-24(30,10-35)20(37)21(27)28/h2-3,6-8,11-12,20-21,37H,1,4-5,9-10,30H2,(H2,29,32,33)/t20-,24-/m1/s1. The molecule has 0 bridgehead atoms. The third-order valence-corrected chi connectivity index (χ3v) is 6.67. The summed E-state index contributed by atoms with van der Waals surface area (Å²) in [7, 11) is 0. The fourth-order valence-corrected chi connectivity index (χ4v) is 4.75. The van der Waals surface area contributed by atoms with Crippen LogP contribution in [0.15, 0.2) is 43.1 Å². The van der Waals surface area contributed by atoms with Gasteiger partial charge in [-0.1, -0.05) is 0 Å². The second-order valence-electron chi connectivity index (χ2n) is 9.16. The monoisotopic (exact) mass is 516 g/mol. The number of benzene rings is 1. The van der Waals surface area contributed by atoms with Gasteiger partial charge in [-0.25, -0.2) is 32.5 Å². The van der Waals surface area contributed by atoms with Crippen molar-refractivity contribution in [2.24, 2.45) is 5.73 Å². The van der Waals surface area contributed by atoms with E-state index in [1.807, 2.05) is 0 Å². The summed E-state index contributed by atoms with van der Waals surface area (Å²) in [6.45, 7) is 0.622. The number of hydrogen-bond donors (Lipinski definition) is 3. The van der Waals surface area contributed by atoms with Crippen molar-refractivity contribution < 1.29 is 22.7 Å². The lowest BCUT2D eigenvalue weighted by atomic mass is 9.84. The lowest BCUT2D eigenvalue weighted by molar-refractivity contribution is -0.0529. The van der Waals surface area contributed by atoms with Crippen molar-refractivity contribution in [2.45, 2.75) is 37.5 Å². The van der Waals surface area contributed by atoms with E-state index in [9.17, 15) is 22.7 Å². The van der Waals surface area contributed by atoms with Gasteiger partial charge in [-0.3, -0.25) is 4.98 Å². The van der Waals surface area contributed by atoms with Crippen molar-refractivity contribution in [1.29, 1.82) is 0 Å². The van der Waals surface area contributed by atoms with E-state index in [1.54, 1.807) is 15.5 Å². The molecular formula is C24H24F4N8O. The number of pyridine rings is 1. The Labute approximate surface area is 208 Å². The van der Waals surface area contributed by atoms with Crippen molar-refractivity contribution in [1.82, 2.24) is 24.5 Å². The number of nitrogen functional groups attached to an aromatic ring is 1. The molecule has 4 aromatic rings. The Balaban J connectivity index is 1.58. The second kappa shape index (κ2) is 9.56. The number of aliphatic hydroxyl groups excluding tert-OH is 1. The third kappa shape index (κ3) is 4.67. The summed E-state index contributed by atoms with van der Waals surface area (Å²) in [6.07, 6.45) is 0.0239. The van der Waals surface area contributed by atoms with E-state index in [1.165, 1.54) is 24.9 Å². The molecule has 5 N–H and O–H groups in total. The summed E-state index contributed by atoms with van der Waals surface area (Å²) < 4.78 is 56.5. The molecule has 1 fully saturated rings. The molecule has 5 rings (SSSR count). The predicted molar refractivity (Wildman–Crippen MR) is 129 cm³/mol. The lowest BCUT2D eigenvalue weighted by Crippen LogP contribution is -2.63. The highest BCUT2D eigenvalue weighted by Gasteiger charge is 2.43. The van der Waals surface area contributed by atoms with Crippen LogP contribution in [0.3, 0.4) is 0 Å². The van der Waals surface area contributed by atoms with Gasteiger partial charge in [0.15, 0.2) is 11.5 Å². The van der Waals surface area contributed by atoms with Crippen molar-refractivity contribution in [3.63, 3.8) is 0 Å². The molecule has 37 heavy (non-hydrogen) atoms. The van der Waals surface area contributed by atoms with Crippen LogP contribution in [0.2, 0.25) is 0 Å². The van der Waals surface area contributed by atoms with Gasteiger partial charge in [0.25, 0.3) is 6.43 Å². The Morgan fingerprint density at radius 1 is 1.11 bits per heavy atom. The van der Waals surface area contributed by atoms with Crippen LogP contribution in [-0.2, 0) is 6.54 Å². The molecule has 0 amide bonds. The molecule has 0 saturated carbocycles. The van der Waals surface area contributed by atoms with Crippen LogP contribution in [0.25, 0.3) is 22.4 Å². The molecule has 0 aliphatic carbocycles. The number of aliphatic hydroxyl groups is 1. The minimum atomic E-state index is -2.99. The van der Waals surface area contributed by atoms with Crippen LogP contribution < -0.4 is 16.4 Å². The Morgan fingerprint density at radius 2 is 1.92 bits per heavy atom. The molecule has 1 saturated heterocycles. The van der Waals surface area contributed by atoms with E-state index in [0.717, 1.165) is 12.1 Å². The van der Waals surface area contributed by atoms with Crippen LogP contribution in [-0.4, -0.2) is 60.8 Å². The van der Waals surface area contributed by atoms with E-state index in [0.29, 0.717) is 35.4 Å². The molecule has 13 heteroatoms. The van der Waals surface area contributed by atoms with Gasteiger partial charge in [-0.15, -0.1) is 0 Å². The Morgan fingerprint density at radius 3 is 2.68 bits per heavy atom. The molecule has 9 nitrogen and oxygen atoms in total. The topological polar surface area (TPSA) is 132 Å². The van der Waals surface area contributed by atoms with Gasteiger partial charge in [0.05, 0.1) is 36.0 Å². The summed E-state index contributed by atoms with van der Waals surface area (Å²) >= 11 is 0. The van der Waals surface area contributed by atoms with Crippen LogP contribution in [0, 0.1) is 11.6 Å². The molecule has 0 radical (unpaired) electrons. The van der Waals surface area contributed by atoms with Crippen LogP contribution >= 0.6 is 0 Å². The number of halogens is 4. The summed E-state index contributed by atoms with van der Waals surface area (Å²) in [5.74, 6) is -1.29. The quantitative estimate of drug-likeness (QED) is 0.334. The average molecular weight is 517 g/mol. The number of fused-ring (bicyclic) bond motifs is 1. The van der Waals surface area contributed by atoms with Crippen molar-refractivity contribution in [3.8, 4) is 11.3 Å². The van der Waals surface area contributed by atoms with E-state index >= 15 is 0 Å². The Hall–Kier alpha value is -3.84. The van der Waals surface area contributed by atoms with E-state index in [4.69, 9.17) is 11.5 Å². The molecule has 1 aliphatic heterocycles. The number of hydrogen-bond acceptors (Lipinski definition) is 8. The van der Waals surface area contributed by atoms with Gasteiger partial charge in [0.2, 0.25) is 0 Å². The Bertz CT molecular complexity index is 1450. The molecule has 4 heterocycles. The zero-order valence-corrected chi connectivity index (χ0v) is 19.5. The number of alkyl halides is 2. The average Bonchev–Trinajstić information content (AvgIpc) is 3.27. The van der Waals surface area contributed by atoms with Gasteiger partial charge in [-0.05, 0) is 36.6 Å². The maximum absolute atomic E-state index is 14.6. The number of rotatable bonds is 6. The van der Waals surface area contributed by atoms with Gasteiger partial charge in [0.1, 0.15) is 29.6 Å². The summed E-state index contributed by atoms with van der Waals surface area (Å²) in [4.78, 5) is 18.6. The maximum atomic E-state index is 14.6. The minimum absolute atomic E-state index is 0.0444. The number of nitrogens with two attached hydrogens (primary N) is 2. The van der Waals surface area contributed by atoms with Gasteiger partial charge in [0, 0.05) is 24.7 Å². The van der Waals surface area contributed by atoms with Gasteiger partial charge < -0.3 is 26.0 Å². The van der Waals surface area contributed by atoms with Crippen LogP contribution in [0.4, 0.5) is 29.1 Å². The lowest BCUT2D eigenvalue weighted by Gasteiger charge is -2.44.